The number of rotatable bonds is 5. The average molecular weight is 382 g/mol. The Morgan fingerprint density at radius 3 is 2.46 bits per heavy atom. The lowest BCUT2D eigenvalue weighted by molar-refractivity contribution is 0.394. The molecule has 2 aromatic heterocycles. The topological polar surface area (TPSA) is 114 Å². The van der Waals surface area contributed by atoms with E-state index in [-0.39, 0.29) is 28.8 Å². The molecule has 0 spiro atoms. The summed E-state index contributed by atoms with van der Waals surface area (Å²) in [5, 5.41) is 11.9. The molecule has 0 unspecified atom stereocenters. The summed E-state index contributed by atoms with van der Waals surface area (Å²) in [6.45, 7) is 0. The summed E-state index contributed by atoms with van der Waals surface area (Å²) in [5.41, 5.74) is 7.14. The van der Waals surface area contributed by atoms with Gasteiger partial charge >= 0.3 is 0 Å². The Hall–Kier alpha value is -3.95. The van der Waals surface area contributed by atoms with E-state index in [1.54, 1.807) is 36.4 Å². The molecular weight excluding hydrogens is 367 g/mol. The summed E-state index contributed by atoms with van der Waals surface area (Å²) in [5.74, 6) is 0.937. The molecule has 0 bridgehead atoms. The Balaban J connectivity index is 1.73. The summed E-state index contributed by atoms with van der Waals surface area (Å²) >= 11 is 0. The van der Waals surface area contributed by atoms with Crippen LogP contribution < -0.4 is 15.2 Å². The summed E-state index contributed by atoms with van der Waals surface area (Å²) in [4.78, 5) is 4.18. The van der Waals surface area contributed by atoms with Gasteiger partial charge in [0.25, 0.3) is 5.89 Å². The number of halogens is 1. The number of nitrogens with zero attached hydrogens (tertiary/aromatic N) is 5. The van der Waals surface area contributed by atoms with Crippen molar-refractivity contribution in [2.75, 3.05) is 20.0 Å². The maximum atomic E-state index is 13.9. The fourth-order valence-corrected chi connectivity index (χ4v) is 2.62. The molecule has 0 aliphatic heterocycles. The highest BCUT2D eigenvalue weighted by Gasteiger charge is 2.21. The summed E-state index contributed by atoms with van der Waals surface area (Å²) in [7, 11) is 3.08. The number of methoxy groups -OCH3 is 2. The number of ether oxygens (including phenoxy) is 2. The zero-order valence-corrected chi connectivity index (χ0v) is 15.0. The minimum Gasteiger partial charge on any atom is -0.497 e. The van der Waals surface area contributed by atoms with Crippen molar-refractivity contribution in [3.63, 3.8) is 0 Å². The van der Waals surface area contributed by atoms with Crippen LogP contribution in [0.3, 0.4) is 0 Å². The predicted molar refractivity (Wildman–Crippen MR) is 97.6 cm³/mol. The molecule has 9 nitrogen and oxygen atoms in total. The van der Waals surface area contributed by atoms with E-state index in [0.29, 0.717) is 17.2 Å². The third-order valence-electron chi connectivity index (χ3n) is 4.03. The first-order valence-corrected chi connectivity index (χ1v) is 8.14. The molecule has 0 aliphatic carbocycles. The van der Waals surface area contributed by atoms with Crippen LogP contribution in [0, 0.1) is 5.82 Å². The van der Waals surface area contributed by atoms with Gasteiger partial charge in [-0.3, -0.25) is 0 Å². The summed E-state index contributed by atoms with van der Waals surface area (Å²) in [6.07, 6.45) is 0. The van der Waals surface area contributed by atoms with Gasteiger partial charge in [-0.25, -0.2) is 4.39 Å². The van der Waals surface area contributed by atoms with Crippen molar-refractivity contribution < 1.29 is 18.4 Å². The van der Waals surface area contributed by atoms with Crippen molar-refractivity contribution in [2.24, 2.45) is 0 Å². The maximum absolute atomic E-state index is 13.9. The van der Waals surface area contributed by atoms with E-state index in [2.05, 4.69) is 20.5 Å². The third-order valence-corrected chi connectivity index (χ3v) is 4.03. The van der Waals surface area contributed by atoms with Crippen LogP contribution in [0.15, 0.2) is 47.0 Å². The molecule has 0 amide bonds. The SMILES string of the molecule is COc1cc(OC)cc(-n2nnc(-c3nc(-c4ccccc4F)no3)c2N)c1. The maximum Gasteiger partial charge on any atom is 0.282 e. The number of benzene rings is 2. The van der Waals surface area contributed by atoms with Crippen molar-refractivity contribution in [1.82, 2.24) is 25.1 Å². The molecule has 0 saturated heterocycles. The fourth-order valence-electron chi connectivity index (χ4n) is 2.62. The number of aromatic nitrogens is 5. The zero-order valence-electron chi connectivity index (χ0n) is 15.0. The average Bonchev–Trinajstić information content (AvgIpc) is 3.34. The second-order valence-corrected chi connectivity index (χ2v) is 5.71. The molecule has 0 saturated carbocycles. The molecule has 10 heteroatoms. The lowest BCUT2D eigenvalue weighted by atomic mass is 10.2. The first-order valence-electron chi connectivity index (χ1n) is 8.14. The van der Waals surface area contributed by atoms with Gasteiger partial charge in [-0.15, -0.1) is 5.10 Å². The van der Waals surface area contributed by atoms with Gasteiger partial charge in [0.05, 0.1) is 25.5 Å². The minimum atomic E-state index is -0.463. The van der Waals surface area contributed by atoms with Gasteiger partial charge in [-0.2, -0.15) is 9.67 Å². The van der Waals surface area contributed by atoms with Crippen LogP contribution in [0.4, 0.5) is 10.2 Å². The number of hydrogen-bond acceptors (Lipinski definition) is 8. The van der Waals surface area contributed by atoms with Crippen molar-refractivity contribution in [3.05, 3.63) is 48.3 Å². The first kappa shape index (κ1) is 17.5. The highest BCUT2D eigenvalue weighted by Crippen LogP contribution is 2.30. The standard InChI is InChI=1S/C18H15FN6O3/c1-26-11-7-10(8-12(9-11)27-2)25-16(20)15(22-24-25)18-21-17(23-28-18)13-5-3-4-6-14(13)19/h3-9H,20H2,1-2H3. The van der Waals surface area contributed by atoms with E-state index in [4.69, 9.17) is 19.7 Å². The molecular formula is C18H15FN6O3. The Kier molecular flexibility index (Phi) is 4.36. The van der Waals surface area contributed by atoms with Gasteiger partial charge in [0.15, 0.2) is 11.5 Å². The van der Waals surface area contributed by atoms with E-state index in [9.17, 15) is 4.39 Å². The molecule has 0 atom stereocenters. The van der Waals surface area contributed by atoms with Crippen LogP contribution in [0.5, 0.6) is 11.5 Å². The van der Waals surface area contributed by atoms with Crippen LogP contribution in [-0.2, 0) is 0 Å². The Bertz CT molecular complexity index is 1120. The lowest BCUT2D eigenvalue weighted by Crippen LogP contribution is -2.03. The smallest absolute Gasteiger partial charge is 0.282 e. The fraction of sp³-hybridized carbons (Fsp3) is 0.111. The third kappa shape index (κ3) is 3.00. The Morgan fingerprint density at radius 1 is 1.07 bits per heavy atom. The molecule has 2 N–H and O–H groups in total. The number of hydrogen-bond donors (Lipinski definition) is 1. The molecule has 2 heterocycles. The van der Waals surface area contributed by atoms with Crippen molar-refractivity contribution in [1.29, 1.82) is 0 Å². The molecule has 0 aliphatic rings. The van der Waals surface area contributed by atoms with E-state index in [1.807, 2.05) is 0 Å². The highest BCUT2D eigenvalue weighted by atomic mass is 19.1. The van der Waals surface area contributed by atoms with E-state index >= 15 is 0 Å². The van der Waals surface area contributed by atoms with Gasteiger partial charge in [-0.05, 0) is 12.1 Å². The minimum absolute atomic E-state index is 0.0249. The number of nitrogen functional groups attached to an aromatic ring is 1. The van der Waals surface area contributed by atoms with Gasteiger partial charge in [0, 0.05) is 18.2 Å². The quantitative estimate of drug-likeness (QED) is 0.560. The molecule has 28 heavy (non-hydrogen) atoms. The van der Waals surface area contributed by atoms with Crippen molar-refractivity contribution in [3.8, 4) is 40.2 Å². The largest absolute Gasteiger partial charge is 0.497 e. The first-order chi connectivity index (χ1) is 13.6. The van der Waals surface area contributed by atoms with Crippen LogP contribution in [-0.4, -0.2) is 39.4 Å². The molecule has 0 radical (unpaired) electrons. The summed E-state index contributed by atoms with van der Waals surface area (Å²) < 4.78 is 31.0. The molecule has 2 aromatic carbocycles. The molecule has 142 valence electrons. The highest BCUT2D eigenvalue weighted by molar-refractivity contribution is 5.66. The van der Waals surface area contributed by atoms with E-state index < -0.39 is 5.82 Å². The molecule has 4 aromatic rings. The van der Waals surface area contributed by atoms with Crippen LogP contribution in [0.2, 0.25) is 0 Å². The van der Waals surface area contributed by atoms with Crippen LogP contribution >= 0.6 is 0 Å². The second-order valence-electron chi connectivity index (χ2n) is 5.71. The zero-order chi connectivity index (χ0) is 19.7. The van der Waals surface area contributed by atoms with Gasteiger partial charge in [0.1, 0.15) is 17.3 Å². The monoisotopic (exact) mass is 382 g/mol. The van der Waals surface area contributed by atoms with Gasteiger partial charge in [-0.1, -0.05) is 22.5 Å². The lowest BCUT2D eigenvalue weighted by Gasteiger charge is -2.08. The second kappa shape index (κ2) is 6.99. The van der Waals surface area contributed by atoms with Gasteiger partial charge < -0.3 is 19.7 Å². The van der Waals surface area contributed by atoms with Crippen molar-refractivity contribution in [2.45, 2.75) is 0 Å². The van der Waals surface area contributed by atoms with Crippen LogP contribution in [0.1, 0.15) is 0 Å². The van der Waals surface area contributed by atoms with E-state index in [0.717, 1.165) is 0 Å². The molecule has 4 rings (SSSR count). The Labute approximate surface area is 158 Å². The Morgan fingerprint density at radius 2 is 1.79 bits per heavy atom. The number of anilines is 1. The number of nitrogens with two attached hydrogens (primary N) is 1. The predicted octanol–water partition coefficient (Wildman–Crippen LogP) is 2.72. The summed E-state index contributed by atoms with van der Waals surface area (Å²) in [6, 6.07) is 11.3. The van der Waals surface area contributed by atoms with Crippen molar-refractivity contribution >= 4 is 5.82 Å². The van der Waals surface area contributed by atoms with Gasteiger partial charge in [0.2, 0.25) is 5.82 Å². The molecule has 0 fully saturated rings. The normalized spacial score (nSPS) is 10.8. The van der Waals surface area contributed by atoms with E-state index in [1.165, 1.54) is 25.0 Å². The van der Waals surface area contributed by atoms with Crippen LogP contribution in [0.25, 0.3) is 28.7 Å².